The van der Waals surface area contributed by atoms with E-state index in [1.807, 2.05) is 12.1 Å². The minimum absolute atomic E-state index is 0.170. The van der Waals surface area contributed by atoms with E-state index in [-0.39, 0.29) is 6.61 Å². The Bertz CT molecular complexity index is 946. The molecule has 0 heterocycles. The van der Waals surface area contributed by atoms with E-state index in [0.717, 1.165) is 41.7 Å². The molecule has 0 saturated carbocycles. The lowest BCUT2D eigenvalue weighted by molar-refractivity contribution is -0.140. The normalized spacial score (nSPS) is 10.4. The maximum absolute atomic E-state index is 11.7. The highest BCUT2D eigenvalue weighted by molar-refractivity contribution is 5.87. The molecule has 6 heteroatoms. The molecular weight excluding hydrogens is 420 g/mol. The predicted octanol–water partition coefficient (Wildman–Crippen LogP) is 4.70. The van der Waals surface area contributed by atoms with Crippen LogP contribution in [0.25, 0.3) is 11.1 Å². The van der Waals surface area contributed by atoms with Crippen LogP contribution in [0.2, 0.25) is 0 Å². The van der Waals surface area contributed by atoms with Gasteiger partial charge in [0.15, 0.2) is 0 Å². The van der Waals surface area contributed by atoms with Gasteiger partial charge in [-0.15, -0.1) is 0 Å². The van der Waals surface area contributed by atoms with Crippen molar-refractivity contribution in [2.45, 2.75) is 25.7 Å². The topological polar surface area (TPSA) is 71.1 Å². The van der Waals surface area contributed by atoms with E-state index in [2.05, 4.69) is 43.5 Å². The Hall–Kier alpha value is -3.38. The van der Waals surface area contributed by atoms with Gasteiger partial charge in [0.05, 0.1) is 32.5 Å². The van der Waals surface area contributed by atoms with E-state index in [9.17, 15) is 9.59 Å². The third-order valence-electron chi connectivity index (χ3n) is 5.00. The van der Waals surface area contributed by atoms with Crippen molar-refractivity contribution in [1.29, 1.82) is 0 Å². The maximum atomic E-state index is 11.7. The van der Waals surface area contributed by atoms with Crippen molar-refractivity contribution in [2.75, 3.05) is 34.0 Å². The lowest BCUT2D eigenvalue weighted by atomic mass is 9.99. The summed E-state index contributed by atoms with van der Waals surface area (Å²) in [6, 6.07) is 14.4. The quantitative estimate of drug-likeness (QED) is 0.235. The third-order valence-corrected chi connectivity index (χ3v) is 5.00. The highest BCUT2D eigenvalue weighted by atomic mass is 16.5. The van der Waals surface area contributed by atoms with Crippen molar-refractivity contribution in [2.24, 2.45) is 0 Å². The Morgan fingerprint density at radius 3 is 2.18 bits per heavy atom. The summed E-state index contributed by atoms with van der Waals surface area (Å²) in [6.45, 7) is 7.89. The van der Waals surface area contributed by atoms with Gasteiger partial charge in [0.1, 0.15) is 5.75 Å². The zero-order chi connectivity index (χ0) is 24.1. The van der Waals surface area contributed by atoms with Gasteiger partial charge < -0.3 is 18.9 Å². The molecule has 33 heavy (non-hydrogen) atoms. The molecule has 0 aliphatic rings. The van der Waals surface area contributed by atoms with Crippen molar-refractivity contribution >= 4 is 11.9 Å². The van der Waals surface area contributed by atoms with Gasteiger partial charge in [-0.2, -0.15) is 0 Å². The second kappa shape index (κ2) is 13.9. The summed E-state index contributed by atoms with van der Waals surface area (Å²) in [4.78, 5) is 22.8. The Kier molecular flexibility index (Phi) is 10.9. The third kappa shape index (κ3) is 8.58. The number of hydrogen-bond donors (Lipinski definition) is 0. The number of methoxy groups -OCH3 is 2. The molecule has 0 unspecified atom stereocenters. The van der Waals surface area contributed by atoms with Gasteiger partial charge in [-0.25, -0.2) is 9.59 Å². The Balaban J connectivity index is 1.89. The molecule has 176 valence electrons. The number of esters is 2. The van der Waals surface area contributed by atoms with Crippen LogP contribution in [0.5, 0.6) is 5.75 Å². The maximum Gasteiger partial charge on any atom is 0.335 e. The molecule has 0 saturated heterocycles. The van der Waals surface area contributed by atoms with Crippen LogP contribution < -0.4 is 4.74 Å². The summed E-state index contributed by atoms with van der Waals surface area (Å²) < 4.78 is 20.7. The van der Waals surface area contributed by atoms with Gasteiger partial charge in [-0.1, -0.05) is 49.6 Å². The minimum Gasteiger partial charge on any atom is -0.496 e. The van der Waals surface area contributed by atoms with Gasteiger partial charge in [0.25, 0.3) is 0 Å². The summed E-state index contributed by atoms with van der Waals surface area (Å²) in [5.41, 5.74) is 4.66. The Labute approximate surface area is 195 Å². The molecule has 6 nitrogen and oxygen atoms in total. The molecule has 2 rings (SSSR count). The minimum atomic E-state index is -0.425. The highest BCUT2D eigenvalue weighted by Gasteiger charge is 2.10. The highest BCUT2D eigenvalue weighted by Crippen LogP contribution is 2.31. The van der Waals surface area contributed by atoms with E-state index in [1.165, 1.54) is 18.7 Å². The summed E-state index contributed by atoms with van der Waals surface area (Å²) in [6.07, 6.45) is 4.21. The number of rotatable bonds is 14. The van der Waals surface area contributed by atoms with E-state index in [1.54, 1.807) is 7.11 Å². The summed E-state index contributed by atoms with van der Waals surface area (Å²) in [5, 5.41) is 0. The molecular formula is C27H32O6. The number of carbonyl (C=O) groups is 2. The molecule has 0 N–H and O–H groups in total. The largest absolute Gasteiger partial charge is 0.496 e. The molecule has 0 amide bonds. The van der Waals surface area contributed by atoms with Crippen LogP contribution in [-0.2, 0) is 36.6 Å². The van der Waals surface area contributed by atoms with Crippen LogP contribution in [-0.4, -0.2) is 46.0 Å². The average molecular weight is 453 g/mol. The monoisotopic (exact) mass is 452 g/mol. The zero-order valence-corrected chi connectivity index (χ0v) is 19.4. The Morgan fingerprint density at radius 2 is 1.55 bits per heavy atom. The molecule has 2 aromatic rings. The van der Waals surface area contributed by atoms with Crippen molar-refractivity contribution in [1.82, 2.24) is 0 Å². The first-order valence-corrected chi connectivity index (χ1v) is 10.9. The Morgan fingerprint density at radius 1 is 0.909 bits per heavy atom. The van der Waals surface area contributed by atoms with Gasteiger partial charge >= 0.3 is 11.9 Å². The van der Waals surface area contributed by atoms with Crippen LogP contribution >= 0.6 is 0 Å². The van der Waals surface area contributed by atoms with E-state index in [0.29, 0.717) is 25.2 Å². The molecule has 0 spiro atoms. The summed E-state index contributed by atoms with van der Waals surface area (Å²) in [5.74, 6) is -0.0251. The van der Waals surface area contributed by atoms with Crippen molar-refractivity contribution in [3.63, 3.8) is 0 Å². The molecule has 0 radical (unpaired) electrons. The molecule has 2 aromatic carbocycles. The van der Waals surface area contributed by atoms with Crippen molar-refractivity contribution < 1.29 is 28.5 Å². The standard InChI is InChI=1S/C27H32O6/c1-5-26(28)32-16-6-8-21-10-13-23(14-11-21)24-15-12-22(18-25(24)31-4)9-7-17-33-27(29)20(2)19-30-3/h5,10-15,18H,1-2,6-9,16-17,19H2,3-4H3. The van der Waals surface area contributed by atoms with Crippen LogP contribution in [0.1, 0.15) is 24.0 Å². The fourth-order valence-electron chi connectivity index (χ4n) is 3.26. The van der Waals surface area contributed by atoms with E-state index >= 15 is 0 Å². The van der Waals surface area contributed by atoms with Crippen LogP contribution in [0.4, 0.5) is 0 Å². The number of ether oxygens (including phenoxy) is 4. The average Bonchev–Trinajstić information content (AvgIpc) is 2.84. The lowest BCUT2D eigenvalue weighted by Crippen LogP contribution is -2.12. The van der Waals surface area contributed by atoms with E-state index in [4.69, 9.17) is 18.9 Å². The first-order chi connectivity index (χ1) is 16.0. The molecule has 0 bridgehead atoms. The smallest absolute Gasteiger partial charge is 0.335 e. The molecule has 0 aromatic heterocycles. The number of carbonyl (C=O) groups excluding carboxylic acids is 2. The van der Waals surface area contributed by atoms with Gasteiger partial charge in [0, 0.05) is 18.7 Å². The van der Waals surface area contributed by atoms with Crippen LogP contribution in [0.3, 0.4) is 0 Å². The first-order valence-electron chi connectivity index (χ1n) is 10.9. The number of aryl methyl sites for hydroxylation is 2. The van der Waals surface area contributed by atoms with Crippen molar-refractivity contribution in [3.8, 4) is 16.9 Å². The first kappa shape index (κ1) is 25.9. The second-order valence-corrected chi connectivity index (χ2v) is 7.48. The molecule has 0 atom stereocenters. The fourth-order valence-corrected chi connectivity index (χ4v) is 3.26. The second-order valence-electron chi connectivity index (χ2n) is 7.48. The number of benzene rings is 2. The van der Waals surface area contributed by atoms with Gasteiger partial charge in [0.2, 0.25) is 0 Å². The van der Waals surface area contributed by atoms with Gasteiger partial charge in [-0.05, 0) is 48.4 Å². The molecule has 0 aliphatic heterocycles. The SMILES string of the molecule is C=CC(=O)OCCCc1ccc(-c2ccc(CCCOC(=O)C(=C)COC)cc2OC)cc1. The molecule has 0 fully saturated rings. The van der Waals surface area contributed by atoms with E-state index < -0.39 is 11.9 Å². The summed E-state index contributed by atoms with van der Waals surface area (Å²) >= 11 is 0. The number of hydrogen-bond acceptors (Lipinski definition) is 6. The van der Waals surface area contributed by atoms with Crippen molar-refractivity contribution in [3.05, 3.63) is 78.4 Å². The lowest BCUT2D eigenvalue weighted by Gasteiger charge is -2.12. The summed E-state index contributed by atoms with van der Waals surface area (Å²) in [7, 11) is 3.17. The predicted molar refractivity (Wildman–Crippen MR) is 128 cm³/mol. The zero-order valence-electron chi connectivity index (χ0n) is 19.4. The van der Waals surface area contributed by atoms with Crippen LogP contribution in [0, 0.1) is 0 Å². The molecule has 0 aliphatic carbocycles. The van der Waals surface area contributed by atoms with Crippen LogP contribution in [0.15, 0.2) is 67.3 Å². The van der Waals surface area contributed by atoms with Gasteiger partial charge in [-0.3, -0.25) is 0 Å². The fraction of sp³-hybridized carbons (Fsp3) is 0.333.